The van der Waals surface area contributed by atoms with E-state index in [1.807, 2.05) is 5.38 Å². The second kappa shape index (κ2) is 7.25. The lowest BCUT2D eigenvalue weighted by atomic mass is 10.1. The Labute approximate surface area is 124 Å². The largest absolute Gasteiger partial charge is 0.339 e. The number of thiazole rings is 1. The lowest BCUT2D eigenvalue weighted by molar-refractivity contribution is -0.132. The lowest BCUT2D eigenvalue weighted by Gasteiger charge is -2.29. The number of carbonyl (C=O) groups excluding carboxylic acids is 1. The number of amides is 1. The maximum atomic E-state index is 12.4. The van der Waals surface area contributed by atoms with E-state index in [0.717, 1.165) is 36.5 Å². The molecule has 0 radical (unpaired) electrons. The Hall–Kier alpha value is -0.610. The zero-order chi connectivity index (χ0) is 13.7. The summed E-state index contributed by atoms with van der Waals surface area (Å²) in [5, 5.41) is 2.83. The van der Waals surface area contributed by atoms with Crippen LogP contribution in [0, 0.1) is 0 Å². The molecule has 106 valence electrons. The Morgan fingerprint density at radius 2 is 2.37 bits per heavy atom. The number of likely N-dealkylation sites (tertiary alicyclic amines) is 1. The third-order valence-corrected chi connectivity index (χ3v) is 4.88. The van der Waals surface area contributed by atoms with Crippen molar-refractivity contribution in [1.82, 2.24) is 9.88 Å². The van der Waals surface area contributed by atoms with Crippen molar-refractivity contribution in [2.45, 2.75) is 57.4 Å². The van der Waals surface area contributed by atoms with Gasteiger partial charge in [-0.2, -0.15) is 0 Å². The van der Waals surface area contributed by atoms with E-state index in [2.05, 4.69) is 16.8 Å². The second-order valence-corrected chi connectivity index (χ2v) is 6.25. The molecule has 0 saturated carbocycles. The summed E-state index contributed by atoms with van der Waals surface area (Å²) in [5.41, 5.74) is 0.873. The van der Waals surface area contributed by atoms with Gasteiger partial charge in [-0.15, -0.1) is 22.9 Å². The van der Waals surface area contributed by atoms with Crippen LogP contribution in [0.3, 0.4) is 0 Å². The molecule has 1 aromatic rings. The van der Waals surface area contributed by atoms with E-state index in [1.165, 1.54) is 24.2 Å². The first-order valence-electron chi connectivity index (χ1n) is 7.03. The van der Waals surface area contributed by atoms with Crippen molar-refractivity contribution < 1.29 is 4.79 Å². The molecule has 0 aliphatic carbocycles. The average molecular weight is 301 g/mol. The van der Waals surface area contributed by atoms with E-state index < -0.39 is 0 Å². The van der Waals surface area contributed by atoms with E-state index in [0.29, 0.717) is 18.3 Å². The van der Waals surface area contributed by atoms with Crippen molar-refractivity contribution in [1.29, 1.82) is 0 Å². The van der Waals surface area contributed by atoms with Crippen LogP contribution in [0.4, 0.5) is 0 Å². The fourth-order valence-electron chi connectivity index (χ4n) is 2.65. The summed E-state index contributed by atoms with van der Waals surface area (Å²) < 4.78 is 0. The number of hydrogen-bond acceptors (Lipinski definition) is 3. The monoisotopic (exact) mass is 300 g/mol. The van der Waals surface area contributed by atoms with Gasteiger partial charge in [-0.05, 0) is 19.3 Å². The Bertz CT molecular complexity index is 421. The normalized spacial score (nSPS) is 20.3. The van der Waals surface area contributed by atoms with Crippen LogP contribution in [0.25, 0.3) is 0 Å². The summed E-state index contributed by atoms with van der Waals surface area (Å²) in [7, 11) is 0. The maximum Gasteiger partial charge on any atom is 0.229 e. The minimum atomic E-state index is 0.226. The van der Waals surface area contributed by atoms with Crippen molar-refractivity contribution >= 4 is 28.8 Å². The van der Waals surface area contributed by atoms with Gasteiger partial charge in [0.15, 0.2) is 0 Å². The summed E-state index contributed by atoms with van der Waals surface area (Å²) in [5.74, 6) is 0.649. The second-order valence-electron chi connectivity index (χ2n) is 5.04. The minimum absolute atomic E-state index is 0.226. The molecule has 2 rings (SSSR count). The molecule has 1 aliphatic heterocycles. The molecule has 3 nitrogen and oxygen atoms in total. The van der Waals surface area contributed by atoms with Crippen LogP contribution in [-0.4, -0.2) is 28.4 Å². The van der Waals surface area contributed by atoms with Crippen molar-refractivity contribution in [3.8, 4) is 0 Å². The number of halogens is 1. The van der Waals surface area contributed by atoms with Crippen molar-refractivity contribution in [2.24, 2.45) is 0 Å². The summed E-state index contributed by atoms with van der Waals surface area (Å²) >= 11 is 7.28. The van der Waals surface area contributed by atoms with E-state index in [1.54, 1.807) is 0 Å². The summed E-state index contributed by atoms with van der Waals surface area (Å²) in [6.45, 7) is 3.08. The Balaban J connectivity index is 2.00. The first kappa shape index (κ1) is 14.8. The first-order valence-corrected chi connectivity index (χ1v) is 8.44. The van der Waals surface area contributed by atoms with E-state index in [-0.39, 0.29) is 5.91 Å². The van der Waals surface area contributed by atoms with Crippen LogP contribution in [0.5, 0.6) is 0 Å². The van der Waals surface area contributed by atoms with Gasteiger partial charge in [0.05, 0.1) is 18.0 Å². The number of hydrogen-bond donors (Lipinski definition) is 0. The zero-order valence-electron chi connectivity index (χ0n) is 11.4. The topological polar surface area (TPSA) is 33.2 Å². The highest BCUT2D eigenvalue weighted by Gasteiger charge is 2.24. The van der Waals surface area contributed by atoms with Gasteiger partial charge in [0.1, 0.15) is 5.01 Å². The van der Waals surface area contributed by atoms with E-state index in [4.69, 9.17) is 11.6 Å². The number of carbonyl (C=O) groups is 1. The van der Waals surface area contributed by atoms with Crippen LogP contribution < -0.4 is 0 Å². The number of alkyl halides is 1. The fraction of sp³-hybridized carbons (Fsp3) is 0.714. The van der Waals surface area contributed by atoms with Gasteiger partial charge in [-0.3, -0.25) is 4.79 Å². The van der Waals surface area contributed by atoms with Crippen LogP contribution in [0.15, 0.2) is 5.38 Å². The van der Waals surface area contributed by atoms with Crippen LogP contribution in [0.1, 0.15) is 49.7 Å². The Morgan fingerprint density at radius 1 is 1.53 bits per heavy atom. The Morgan fingerprint density at radius 3 is 3.05 bits per heavy atom. The van der Waals surface area contributed by atoms with Gasteiger partial charge >= 0.3 is 0 Å². The molecule has 1 saturated heterocycles. The van der Waals surface area contributed by atoms with Gasteiger partial charge < -0.3 is 4.90 Å². The van der Waals surface area contributed by atoms with Crippen LogP contribution in [-0.2, 0) is 17.1 Å². The van der Waals surface area contributed by atoms with Gasteiger partial charge in [-0.25, -0.2) is 4.98 Å². The smallest absolute Gasteiger partial charge is 0.229 e. The molecule has 1 amide bonds. The van der Waals surface area contributed by atoms with Gasteiger partial charge in [-0.1, -0.05) is 19.8 Å². The summed E-state index contributed by atoms with van der Waals surface area (Å²) in [6.07, 6.45) is 6.25. The average Bonchev–Trinajstić information content (AvgIpc) is 2.73. The molecule has 0 aromatic carbocycles. The van der Waals surface area contributed by atoms with Crippen molar-refractivity contribution in [3.05, 3.63) is 16.1 Å². The molecule has 19 heavy (non-hydrogen) atoms. The summed E-state index contributed by atoms with van der Waals surface area (Å²) in [4.78, 5) is 18.9. The van der Waals surface area contributed by atoms with Gasteiger partial charge in [0.25, 0.3) is 0 Å². The van der Waals surface area contributed by atoms with Crippen LogP contribution >= 0.6 is 22.9 Å². The number of nitrogens with zero attached hydrogens (tertiary/aromatic N) is 2. The molecular formula is C14H21ClN2OS. The Kier molecular flexibility index (Phi) is 5.64. The molecule has 0 spiro atoms. The predicted molar refractivity (Wildman–Crippen MR) is 79.6 cm³/mol. The molecule has 1 aromatic heterocycles. The van der Waals surface area contributed by atoms with Crippen molar-refractivity contribution in [3.63, 3.8) is 0 Å². The fourth-order valence-corrected chi connectivity index (χ4v) is 3.67. The molecule has 1 unspecified atom stereocenters. The summed E-state index contributed by atoms with van der Waals surface area (Å²) in [6, 6.07) is 0.419. The quantitative estimate of drug-likeness (QED) is 0.796. The minimum Gasteiger partial charge on any atom is -0.339 e. The first-order chi connectivity index (χ1) is 9.24. The number of aromatic nitrogens is 1. The van der Waals surface area contributed by atoms with Crippen LogP contribution in [0.2, 0.25) is 0 Å². The molecular weight excluding hydrogens is 280 g/mol. The van der Waals surface area contributed by atoms with Gasteiger partial charge in [0.2, 0.25) is 5.91 Å². The molecule has 1 atom stereocenters. The van der Waals surface area contributed by atoms with Gasteiger partial charge in [0, 0.05) is 18.0 Å². The molecule has 5 heteroatoms. The molecule has 1 aliphatic rings. The lowest BCUT2D eigenvalue weighted by Crippen LogP contribution is -2.40. The third kappa shape index (κ3) is 3.93. The van der Waals surface area contributed by atoms with E-state index >= 15 is 0 Å². The SMILES string of the molecule is CCC1CCCCCN1C(=O)Cc1nc(CCl)cs1. The third-order valence-electron chi connectivity index (χ3n) is 3.71. The predicted octanol–water partition coefficient (Wildman–Crippen LogP) is 3.61. The molecule has 2 heterocycles. The molecule has 1 fully saturated rings. The standard InChI is InChI=1S/C14H21ClN2OS/c1-2-12-6-4-3-5-7-17(12)14(18)8-13-16-11(9-15)10-19-13/h10,12H,2-9H2,1H3. The number of rotatable bonds is 4. The highest BCUT2D eigenvalue weighted by molar-refractivity contribution is 7.09. The molecule has 0 bridgehead atoms. The molecule has 0 N–H and O–H groups in total. The highest BCUT2D eigenvalue weighted by atomic mass is 35.5. The maximum absolute atomic E-state index is 12.4. The van der Waals surface area contributed by atoms with Crippen molar-refractivity contribution in [2.75, 3.05) is 6.54 Å². The highest BCUT2D eigenvalue weighted by Crippen LogP contribution is 2.21. The zero-order valence-corrected chi connectivity index (χ0v) is 13.0. The van der Waals surface area contributed by atoms with E-state index in [9.17, 15) is 4.79 Å².